The average Bonchev–Trinajstić information content (AvgIpc) is 3.32. The topological polar surface area (TPSA) is 77.3 Å². The van der Waals surface area contributed by atoms with E-state index in [0.29, 0.717) is 11.6 Å². The van der Waals surface area contributed by atoms with Crippen molar-refractivity contribution in [3.63, 3.8) is 0 Å². The van der Waals surface area contributed by atoms with Crippen LogP contribution in [0.4, 0.5) is 0 Å². The largest absolute Gasteiger partial charge is 0.264 e. The van der Waals surface area contributed by atoms with Crippen molar-refractivity contribution in [2.24, 2.45) is 0 Å². The van der Waals surface area contributed by atoms with Gasteiger partial charge in [0, 0.05) is 58.2 Å². The fourth-order valence-corrected chi connectivity index (χ4v) is 7.22. The van der Waals surface area contributed by atoms with E-state index in [1.807, 2.05) is 60.7 Å². The van der Waals surface area contributed by atoms with Crippen LogP contribution in [0.3, 0.4) is 0 Å². The second kappa shape index (κ2) is 15.3. The number of hydrogen-bond acceptors (Lipinski definition) is 6. The van der Waals surface area contributed by atoms with E-state index in [1.165, 1.54) is 10.8 Å². The Hall–Kier alpha value is -7.96. The minimum atomic E-state index is 0.648. The first-order valence-electron chi connectivity index (χ1n) is 19.2. The molecule has 0 saturated carbocycles. The highest BCUT2D eigenvalue weighted by molar-refractivity contribution is 5.91. The Morgan fingerprint density at radius 3 is 0.966 bits per heavy atom. The van der Waals surface area contributed by atoms with Crippen molar-refractivity contribution in [3.05, 3.63) is 207 Å². The molecule has 4 heterocycles. The SMILES string of the molecule is c1ccc(-c2cc(-c3ccc(-c4ccc5ccc(-c6ccc(-c7cc(-c8ccccc8)nc(-c8cccnc8)n7)cc6)cc5c4)cc3)nc(-c3cccnc3)n2)cc1. The van der Waals surface area contributed by atoms with Crippen molar-refractivity contribution in [2.45, 2.75) is 0 Å². The Morgan fingerprint density at radius 2 is 0.586 bits per heavy atom. The maximum absolute atomic E-state index is 4.98. The molecular weight excluding hydrogens is 709 g/mol. The smallest absolute Gasteiger partial charge is 0.161 e. The Morgan fingerprint density at radius 1 is 0.241 bits per heavy atom. The zero-order chi connectivity index (χ0) is 38.7. The zero-order valence-electron chi connectivity index (χ0n) is 31.3. The highest BCUT2D eigenvalue weighted by Gasteiger charge is 2.13. The monoisotopic (exact) mass is 742 g/mol. The Labute approximate surface area is 336 Å². The van der Waals surface area contributed by atoms with Crippen LogP contribution in [0.2, 0.25) is 0 Å². The van der Waals surface area contributed by atoms with Crippen LogP contribution in [-0.4, -0.2) is 29.9 Å². The Balaban J connectivity index is 0.941. The van der Waals surface area contributed by atoms with Crippen molar-refractivity contribution in [1.82, 2.24) is 29.9 Å². The van der Waals surface area contributed by atoms with Gasteiger partial charge in [-0.2, -0.15) is 0 Å². The molecule has 10 aromatic rings. The standard InChI is InChI=1S/C52H34N6/c1-3-9-38(10-4-1)47-31-49(57-51(55-47)44-13-7-27-53-33-44)40-21-15-35(16-22-40)42-25-19-37-20-26-43(30-46(37)29-42)36-17-23-41(24-18-36)50-32-48(39-11-5-2-6-12-39)56-52(58-50)45-14-8-28-54-34-45/h1-34H. The summed E-state index contributed by atoms with van der Waals surface area (Å²) in [5.74, 6) is 1.30. The molecule has 6 nitrogen and oxygen atoms in total. The number of benzene rings is 6. The molecule has 272 valence electrons. The minimum absolute atomic E-state index is 0.648. The summed E-state index contributed by atoms with van der Waals surface area (Å²) in [4.78, 5) is 28.4. The molecule has 0 atom stereocenters. The maximum atomic E-state index is 4.98. The van der Waals surface area contributed by atoms with Crippen molar-refractivity contribution in [2.75, 3.05) is 0 Å². The van der Waals surface area contributed by atoms with Gasteiger partial charge in [-0.1, -0.05) is 133 Å². The lowest BCUT2D eigenvalue weighted by Gasteiger charge is -2.11. The normalized spacial score (nSPS) is 11.1. The molecule has 0 saturated heterocycles. The lowest BCUT2D eigenvalue weighted by molar-refractivity contribution is 1.17. The second-order valence-electron chi connectivity index (χ2n) is 14.1. The number of nitrogens with zero attached hydrogens (tertiary/aromatic N) is 6. The van der Waals surface area contributed by atoms with Crippen LogP contribution < -0.4 is 0 Å². The molecule has 0 aliphatic rings. The Bertz CT molecular complexity index is 2690. The van der Waals surface area contributed by atoms with Gasteiger partial charge in [-0.05, 0) is 81.6 Å². The lowest BCUT2D eigenvalue weighted by Crippen LogP contribution is -1.96. The van der Waals surface area contributed by atoms with E-state index >= 15 is 0 Å². The van der Waals surface area contributed by atoms with Crippen LogP contribution in [0.5, 0.6) is 0 Å². The van der Waals surface area contributed by atoms with Crippen molar-refractivity contribution in [1.29, 1.82) is 0 Å². The van der Waals surface area contributed by atoms with Crippen LogP contribution in [0.15, 0.2) is 207 Å². The number of aromatic nitrogens is 6. The summed E-state index contributed by atoms with van der Waals surface area (Å²) in [6, 6.07) is 62.9. The number of hydrogen-bond donors (Lipinski definition) is 0. The molecule has 0 aliphatic heterocycles. The summed E-state index contributed by atoms with van der Waals surface area (Å²) in [6.45, 7) is 0. The molecule has 0 radical (unpaired) electrons. The summed E-state index contributed by atoms with van der Waals surface area (Å²) in [6.07, 6.45) is 7.13. The highest BCUT2D eigenvalue weighted by atomic mass is 14.9. The van der Waals surface area contributed by atoms with E-state index in [0.717, 1.165) is 78.4 Å². The summed E-state index contributed by atoms with van der Waals surface area (Å²) in [5, 5.41) is 2.37. The van der Waals surface area contributed by atoms with E-state index in [4.69, 9.17) is 19.9 Å². The Kier molecular flexibility index (Phi) is 9.10. The molecule has 0 bridgehead atoms. The second-order valence-corrected chi connectivity index (χ2v) is 14.1. The fourth-order valence-electron chi connectivity index (χ4n) is 7.22. The third-order valence-electron chi connectivity index (χ3n) is 10.3. The van der Waals surface area contributed by atoms with Crippen LogP contribution >= 0.6 is 0 Å². The van der Waals surface area contributed by atoms with Gasteiger partial charge in [-0.25, -0.2) is 19.9 Å². The number of rotatable bonds is 8. The predicted molar refractivity (Wildman–Crippen MR) is 234 cm³/mol. The van der Waals surface area contributed by atoms with Gasteiger partial charge in [0.2, 0.25) is 0 Å². The van der Waals surface area contributed by atoms with Gasteiger partial charge in [-0.15, -0.1) is 0 Å². The number of fused-ring (bicyclic) bond motifs is 1. The number of pyridine rings is 2. The molecule has 6 aromatic carbocycles. The molecular formula is C52H34N6. The molecule has 0 fully saturated rings. The van der Waals surface area contributed by atoms with E-state index in [9.17, 15) is 0 Å². The van der Waals surface area contributed by atoms with Gasteiger partial charge in [-0.3, -0.25) is 9.97 Å². The van der Waals surface area contributed by atoms with Gasteiger partial charge in [0.15, 0.2) is 11.6 Å². The molecule has 0 N–H and O–H groups in total. The quantitative estimate of drug-likeness (QED) is 0.154. The summed E-state index contributed by atoms with van der Waals surface area (Å²) in [5.41, 5.74) is 13.9. The molecule has 4 aromatic heterocycles. The molecule has 0 spiro atoms. The van der Waals surface area contributed by atoms with Gasteiger partial charge < -0.3 is 0 Å². The van der Waals surface area contributed by atoms with E-state index in [-0.39, 0.29) is 0 Å². The van der Waals surface area contributed by atoms with Crippen molar-refractivity contribution >= 4 is 10.8 Å². The average molecular weight is 743 g/mol. The van der Waals surface area contributed by atoms with Crippen LogP contribution in [0.1, 0.15) is 0 Å². The maximum Gasteiger partial charge on any atom is 0.161 e. The summed E-state index contributed by atoms with van der Waals surface area (Å²) >= 11 is 0. The van der Waals surface area contributed by atoms with Crippen molar-refractivity contribution in [3.8, 4) is 90.1 Å². The minimum Gasteiger partial charge on any atom is -0.264 e. The van der Waals surface area contributed by atoms with E-state index in [2.05, 4.69) is 131 Å². The van der Waals surface area contributed by atoms with Crippen LogP contribution in [0.25, 0.3) is 101 Å². The molecule has 58 heavy (non-hydrogen) atoms. The van der Waals surface area contributed by atoms with Gasteiger partial charge in [0.1, 0.15) is 0 Å². The molecule has 10 rings (SSSR count). The zero-order valence-corrected chi connectivity index (χ0v) is 31.3. The molecule has 0 amide bonds. The third-order valence-corrected chi connectivity index (χ3v) is 10.3. The fraction of sp³-hybridized carbons (Fsp3) is 0. The molecule has 0 unspecified atom stereocenters. The van der Waals surface area contributed by atoms with Crippen LogP contribution in [0, 0.1) is 0 Å². The van der Waals surface area contributed by atoms with Crippen LogP contribution in [-0.2, 0) is 0 Å². The summed E-state index contributed by atoms with van der Waals surface area (Å²) in [7, 11) is 0. The first-order chi connectivity index (χ1) is 28.7. The first kappa shape index (κ1) is 34.5. The van der Waals surface area contributed by atoms with E-state index < -0.39 is 0 Å². The van der Waals surface area contributed by atoms with Gasteiger partial charge >= 0.3 is 0 Å². The first-order valence-corrected chi connectivity index (χ1v) is 19.2. The predicted octanol–water partition coefficient (Wildman–Crippen LogP) is 12.5. The van der Waals surface area contributed by atoms with E-state index in [1.54, 1.807) is 24.8 Å². The van der Waals surface area contributed by atoms with Gasteiger partial charge in [0.25, 0.3) is 0 Å². The third kappa shape index (κ3) is 7.14. The van der Waals surface area contributed by atoms with Crippen molar-refractivity contribution < 1.29 is 0 Å². The highest BCUT2D eigenvalue weighted by Crippen LogP contribution is 2.33. The van der Waals surface area contributed by atoms with Gasteiger partial charge in [0.05, 0.1) is 22.8 Å². The molecule has 0 aliphatic carbocycles. The molecule has 6 heteroatoms. The summed E-state index contributed by atoms with van der Waals surface area (Å²) < 4.78 is 0. The lowest BCUT2D eigenvalue weighted by atomic mass is 9.96.